The molecule has 0 saturated heterocycles. The molecule has 5 N–H and O–H groups in total. The number of amides is 1. The molecule has 0 saturated carbocycles. The number of fused-ring (bicyclic) bond motifs is 1. The van der Waals surface area contributed by atoms with Gasteiger partial charge >= 0.3 is 0 Å². The number of carbonyl (C=O) groups excluding carboxylic acids is 1. The second-order valence-electron chi connectivity index (χ2n) is 4.05. The van der Waals surface area contributed by atoms with E-state index >= 15 is 0 Å². The highest BCUT2D eigenvalue weighted by atomic mass is 16.3. The molecular formula is C12H15N3O2. The average Bonchev–Trinajstić information content (AvgIpc) is 2.74. The Morgan fingerprint density at radius 3 is 3.00 bits per heavy atom. The molecule has 1 aromatic heterocycles. The zero-order chi connectivity index (χ0) is 12.4. The zero-order valence-corrected chi connectivity index (χ0v) is 9.53. The lowest BCUT2D eigenvalue weighted by atomic mass is 10.2. The Balaban J connectivity index is 2.30. The van der Waals surface area contributed by atoms with E-state index in [1.165, 1.54) is 0 Å². The highest BCUT2D eigenvalue weighted by Crippen LogP contribution is 2.20. The van der Waals surface area contributed by atoms with E-state index in [9.17, 15) is 4.79 Å². The minimum atomic E-state index is -0.272. The number of nitrogens with one attached hydrogen (secondary N) is 2. The Morgan fingerprint density at radius 1 is 1.59 bits per heavy atom. The topological polar surface area (TPSA) is 91.1 Å². The third-order valence-corrected chi connectivity index (χ3v) is 2.58. The molecule has 2 aromatic rings. The van der Waals surface area contributed by atoms with Crippen LogP contribution in [0.2, 0.25) is 0 Å². The fourth-order valence-electron chi connectivity index (χ4n) is 1.65. The van der Waals surface area contributed by atoms with Gasteiger partial charge in [-0.15, -0.1) is 0 Å². The van der Waals surface area contributed by atoms with Gasteiger partial charge in [0.15, 0.2) is 0 Å². The molecule has 1 amide bonds. The van der Waals surface area contributed by atoms with Gasteiger partial charge in [-0.05, 0) is 19.1 Å². The molecule has 1 atom stereocenters. The first-order chi connectivity index (χ1) is 8.11. The van der Waals surface area contributed by atoms with E-state index in [0.717, 1.165) is 10.9 Å². The number of hydrogen-bond donors (Lipinski definition) is 4. The number of anilines is 1. The first-order valence-electron chi connectivity index (χ1n) is 5.40. The largest absolute Gasteiger partial charge is 0.397 e. The van der Waals surface area contributed by atoms with Crippen LogP contribution in [-0.4, -0.2) is 28.6 Å². The molecule has 5 nitrogen and oxygen atoms in total. The third kappa shape index (κ3) is 2.24. The van der Waals surface area contributed by atoms with Gasteiger partial charge in [0.25, 0.3) is 5.91 Å². The van der Waals surface area contributed by atoms with E-state index in [4.69, 9.17) is 10.8 Å². The number of nitrogens with two attached hydrogens (primary N) is 1. The average molecular weight is 233 g/mol. The molecule has 0 spiro atoms. The van der Waals surface area contributed by atoms with Gasteiger partial charge in [-0.25, -0.2) is 0 Å². The van der Waals surface area contributed by atoms with Gasteiger partial charge in [-0.2, -0.15) is 0 Å². The number of benzene rings is 1. The second kappa shape index (κ2) is 4.47. The quantitative estimate of drug-likeness (QED) is 0.592. The van der Waals surface area contributed by atoms with Crippen molar-refractivity contribution in [1.29, 1.82) is 0 Å². The summed E-state index contributed by atoms with van der Waals surface area (Å²) in [4.78, 5) is 14.8. The standard InChI is InChI=1S/C12H15N3O2/c1-7(6-16)14-12(17)10-5-8-3-2-4-9(13)11(8)15-10/h2-5,7,15-16H,6,13H2,1H3,(H,14,17)/t7-/m1/s1. The lowest BCUT2D eigenvalue weighted by Gasteiger charge is -2.09. The highest BCUT2D eigenvalue weighted by molar-refractivity contribution is 6.00. The molecule has 0 aliphatic heterocycles. The van der Waals surface area contributed by atoms with Crippen LogP contribution in [0.3, 0.4) is 0 Å². The van der Waals surface area contributed by atoms with Crippen LogP contribution in [0.5, 0.6) is 0 Å². The van der Waals surface area contributed by atoms with Gasteiger partial charge < -0.3 is 21.1 Å². The van der Waals surface area contributed by atoms with Crippen molar-refractivity contribution in [2.45, 2.75) is 13.0 Å². The van der Waals surface area contributed by atoms with Crippen LogP contribution >= 0.6 is 0 Å². The number of aliphatic hydroxyl groups is 1. The molecule has 90 valence electrons. The highest BCUT2D eigenvalue weighted by Gasteiger charge is 2.12. The summed E-state index contributed by atoms with van der Waals surface area (Å²) >= 11 is 0. The summed E-state index contributed by atoms with van der Waals surface area (Å²) in [5, 5.41) is 12.4. The molecule has 0 aliphatic carbocycles. The van der Waals surface area contributed by atoms with Crippen LogP contribution in [0.25, 0.3) is 10.9 Å². The molecule has 1 heterocycles. The summed E-state index contributed by atoms with van der Waals surface area (Å²) in [7, 11) is 0. The maximum atomic E-state index is 11.8. The summed E-state index contributed by atoms with van der Waals surface area (Å²) in [5.74, 6) is -0.248. The van der Waals surface area contributed by atoms with Crippen LogP contribution in [0.1, 0.15) is 17.4 Å². The monoisotopic (exact) mass is 233 g/mol. The molecule has 0 unspecified atom stereocenters. The van der Waals surface area contributed by atoms with Crippen LogP contribution in [0.15, 0.2) is 24.3 Å². The lowest BCUT2D eigenvalue weighted by Crippen LogP contribution is -2.35. The number of nitrogen functional groups attached to an aromatic ring is 1. The van der Waals surface area contributed by atoms with Crippen molar-refractivity contribution in [1.82, 2.24) is 10.3 Å². The van der Waals surface area contributed by atoms with E-state index in [-0.39, 0.29) is 18.6 Å². The predicted molar refractivity (Wildman–Crippen MR) is 66.7 cm³/mol. The third-order valence-electron chi connectivity index (χ3n) is 2.58. The van der Waals surface area contributed by atoms with Crippen molar-refractivity contribution in [2.24, 2.45) is 0 Å². The molecule has 0 radical (unpaired) electrons. The zero-order valence-electron chi connectivity index (χ0n) is 9.53. The van der Waals surface area contributed by atoms with Crippen molar-refractivity contribution in [2.75, 3.05) is 12.3 Å². The lowest BCUT2D eigenvalue weighted by molar-refractivity contribution is 0.0918. The fraction of sp³-hybridized carbons (Fsp3) is 0.250. The summed E-state index contributed by atoms with van der Waals surface area (Å²) in [6.07, 6.45) is 0. The summed E-state index contributed by atoms with van der Waals surface area (Å²) in [6, 6.07) is 6.96. The second-order valence-corrected chi connectivity index (χ2v) is 4.05. The Morgan fingerprint density at radius 2 is 2.35 bits per heavy atom. The molecular weight excluding hydrogens is 218 g/mol. The van der Waals surface area contributed by atoms with Crippen molar-refractivity contribution in [3.8, 4) is 0 Å². The van der Waals surface area contributed by atoms with Crippen molar-refractivity contribution >= 4 is 22.5 Å². The molecule has 0 fully saturated rings. The van der Waals surface area contributed by atoms with Crippen molar-refractivity contribution in [3.63, 3.8) is 0 Å². The van der Waals surface area contributed by atoms with Gasteiger partial charge in [-0.1, -0.05) is 12.1 Å². The number of H-pyrrole nitrogens is 1. The number of hydrogen-bond acceptors (Lipinski definition) is 3. The maximum Gasteiger partial charge on any atom is 0.268 e. The van der Waals surface area contributed by atoms with E-state index in [1.54, 1.807) is 19.1 Å². The first kappa shape index (κ1) is 11.5. The summed E-state index contributed by atoms with van der Waals surface area (Å²) in [6.45, 7) is 1.64. The van der Waals surface area contributed by atoms with Crippen molar-refractivity contribution < 1.29 is 9.90 Å². The Labute approximate surface area is 98.6 Å². The van der Waals surface area contributed by atoms with Gasteiger partial charge in [-0.3, -0.25) is 4.79 Å². The molecule has 17 heavy (non-hydrogen) atoms. The molecule has 5 heteroatoms. The summed E-state index contributed by atoms with van der Waals surface area (Å²) < 4.78 is 0. The predicted octanol–water partition coefficient (Wildman–Crippen LogP) is 0.861. The van der Waals surface area contributed by atoms with E-state index < -0.39 is 0 Å². The minimum Gasteiger partial charge on any atom is -0.397 e. The normalized spacial score (nSPS) is 12.6. The molecule has 1 aromatic carbocycles. The van der Waals surface area contributed by atoms with E-state index in [2.05, 4.69) is 10.3 Å². The van der Waals surface area contributed by atoms with Crippen LogP contribution in [0.4, 0.5) is 5.69 Å². The number of aromatic nitrogens is 1. The van der Waals surface area contributed by atoms with Crippen LogP contribution < -0.4 is 11.1 Å². The van der Waals surface area contributed by atoms with Gasteiger partial charge in [0.05, 0.1) is 17.8 Å². The Bertz CT molecular complexity index is 548. The smallest absolute Gasteiger partial charge is 0.268 e. The SMILES string of the molecule is C[C@H](CO)NC(=O)c1cc2cccc(N)c2[nH]1. The molecule has 0 bridgehead atoms. The fourth-order valence-corrected chi connectivity index (χ4v) is 1.65. The number of carbonyl (C=O) groups is 1. The van der Waals surface area contributed by atoms with E-state index in [1.807, 2.05) is 12.1 Å². The minimum absolute atomic E-state index is 0.0892. The first-order valence-corrected chi connectivity index (χ1v) is 5.40. The van der Waals surface area contributed by atoms with Gasteiger partial charge in [0.1, 0.15) is 5.69 Å². The molecule has 2 rings (SSSR count). The summed E-state index contributed by atoms with van der Waals surface area (Å²) in [5.41, 5.74) is 7.60. The Hall–Kier alpha value is -2.01. The number of rotatable bonds is 3. The Kier molecular flexibility index (Phi) is 3.01. The van der Waals surface area contributed by atoms with Gasteiger partial charge in [0.2, 0.25) is 0 Å². The van der Waals surface area contributed by atoms with Crippen LogP contribution in [0, 0.1) is 0 Å². The van der Waals surface area contributed by atoms with Crippen molar-refractivity contribution in [3.05, 3.63) is 30.0 Å². The van der Waals surface area contributed by atoms with Crippen LogP contribution in [-0.2, 0) is 0 Å². The number of para-hydroxylation sites is 1. The van der Waals surface area contributed by atoms with Gasteiger partial charge in [0, 0.05) is 11.4 Å². The maximum absolute atomic E-state index is 11.8. The number of aromatic amines is 1. The van der Waals surface area contributed by atoms with E-state index in [0.29, 0.717) is 11.4 Å². The number of aliphatic hydroxyl groups excluding tert-OH is 1. The molecule has 0 aliphatic rings.